The fourth-order valence-electron chi connectivity index (χ4n) is 1.87. The highest BCUT2D eigenvalue weighted by Crippen LogP contribution is 2.23. The van der Waals surface area contributed by atoms with Crippen LogP contribution in [0.5, 0.6) is 5.75 Å². The number of nitrogens with zero attached hydrogens (tertiary/aromatic N) is 2. The number of aromatic amines is 1. The van der Waals surface area contributed by atoms with Gasteiger partial charge in [0.1, 0.15) is 23.2 Å². The number of fused-ring (bicyclic) bond motifs is 1. The molecule has 0 radical (unpaired) electrons. The van der Waals surface area contributed by atoms with E-state index in [-0.39, 0.29) is 6.61 Å². The van der Waals surface area contributed by atoms with Crippen molar-refractivity contribution in [2.24, 2.45) is 5.73 Å². The number of hydrogen-bond donors (Lipinski definition) is 2. The Labute approximate surface area is 120 Å². The fourth-order valence-corrected chi connectivity index (χ4v) is 1.93. The number of H-pyrrole nitrogens is 1. The van der Waals surface area contributed by atoms with Gasteiger partial charge in [-0.15, -0.1) is 0 Å². The molecule has 3 aromatic rings. The lowest BCUT2D eigenvalue weighted by atomic mass is 10.3. The molecule has 0 atom stereocenters. The molecule has 3 rings (SSSR count). The van der Waals surface area contributed by atoms with Crippen LogP contribution in [0.2, 0.25) is 0 Å². The average Bonchev–Trinajstić information content (AvgIpc) is 2.89. The number of thiocarbonyl (C=S) groups is 1. The SMILES string of the molecule is NC(=S)COc1ccc2nc(-c3cccnc3)[nH]c2c1. The zero-order valence-electron chi connectivity index (χ0n) is 10.5. The number of nitrogens with two attached hydrogens (primary N) is 1. The Morgan fingerprint density at radius 1 is 1.35 bits per heavy atom. The summed E-state index contributed by atoms with van der Waals surface area (Å²) in [6.45, 7) is 0.227. The molecule has 0 saturated carbocycles. The van der Waals surface area contributed by atoms with Gasteiger partial charge in [0.05, 0.1) is 11.0 Å². The first-order chi connectivity index (χ1) is 9.72. The zero-order chi connectivity index (χ0) is 13.9. The summed E-state index contributed by atoms with van der Waals surface area (Å²) >= 11 is 4.78. The van der Waals surface area contributed by atoms with Crippen molar-refractivity contribution in [2.45, 2.75) is 0 Å². The van der Waals surface area contributed by atoms with E-state index in [9.17, 15) is 0 Å². The van der Waals surface area contributed by atoms with E-state index >= 15 is 0 Å². The van der Waals surface area contributed by atoms with E-state index in [0.29, 0.717) is 10.7 Å². The molecule has 2 aromatic heterocycles. The standard InChI is InChI=1S/C14H12N4OS/c15-13(20)8-19-10-3-4-11-12(6-10)18-14(17-11)9-2-1-5-16-7-9/h1-7H,8H2,(H2,15,20)(H,17,18). The van der Waals surface area contributed by atoms with Crippen LogP contribution in [-0.4, -0.2) is 26.5 Å². The first-order valence-electron chi connectivity index (χ1n) is 6.03. The Kier molecular flexibility index (Phi) is 3.30. The molecular weight excluding hydrogens is 272 g/mol. The Balaban J connectivity index is 1.93. The predicted molar refractivity (Wildman–Crippen MR) is 81.6 cm³/mol. The molecule has 3 N–H and O–H groups in total. The van der Waals surface area contributed by atoms with Crippen LogP contribution in [0.25, 0.3) is 22.4 Å². The third-order valence-corrected chi connectivity index (χ3v) is 2.89. The highest BCUT2D eigenvalue weighted by Gasteiger charge is 2.06. The second-order valence-electron chi connectivity index (χ2n) is 4.26. The van der Waals surface area contributed by atoms with Crippen molar-refractivity contribution in [1.29, 1.82) is 0 Å². The van der Waals surface area contributed by atoms with Crippen LogP contribution in [0, 0.1) is 0 Å². The molecule has 0 unspecified atom stereocenters. The van der Waals surface area contributed by atoms with E-state index in [1.54, 1.807) is 12.4 Å². The lowest BCUT2D eigenvalue weighted by Gasteiger charge is -2.03. The number of imidazole rings is 1. The van der Waals surface area contributed by atoms with Crippen LogP contribution in [0.15, 0.2) is 42.7 Å². The Morgan fingerprint density at radius 2 is 2.25 bits per heavy atom. The number of pyridine rings is 1. The van der Waals surface area contributed by atoms with Gasteiger partial charge in [0.25, 0.3) is 0 Å². The Morgan fingerprint density at radius 3 is 3.00 bits per heavy atom. The van der Waals surface area contributed by atoms with Crippen molar-refractivity contribution in [3.05, 3.63) is 42.7 Å². The van der Waals surface area contributed by atoms with E-state index < -0.39 is 0 Å². The zero-order valence-corrected chi connectivity index (χ0v) is 11.4. The van der Waals surface area contributed by atoms with E-state index in [0.717, 1.165) is 22.4 Å². The van der Waals surface area contributed by atoms with Gasteiger partial charge >= 0.3 is 0 Å². The number of nitrogens with one attached hydrogen (secondary N) is 1. The molecule has 0 aliphatic heterocycles. The van der Waals surface area contributed by atoms with Gasteiger partial charge in [-0.1, -0.05) is 12.2 Å². The van der Waals surface area contributed by atoms with Crippen LogP contribution in [-0.2, 0) is 0 Å². The molecule has 0 spiro atoms. The summed E-state index contributed by atoms with van der Waals surface area (Å²) in [5, 5.41) is 0. The average molecular weight is 284 g/mol. The fraction of sp³-hybridized carbons (Fsp3) is 0.0714. The van der Waals surface area contributed by atoms with Gasteiger partial charge in [0, 0.05) is 24.0 Å². The Hall–Kier alpha value is -2.47. The summed E-state index contributed by atoms with van der Waals surface area (Å²) in [7, 11) is 0. The molecule has 0 bridgehead atoms. The minimum Gasteiger partial charge on any atom is -0.486 e. The van der Waals surface area contributed by atoms with Crippen molar-refractivity contribution in [3.63, 3.8) is 0 Å². The number of hydrogen-bond acceptors (Lipinski definition) is 4. The summed E-state index contributed by atoms with van der Waals surface area (Å²) in [5.74, 6) is 1.48. The van der Waals surface area contributed by atoms with Crippen LogP contribution in [0.1, 0.15) is 0 Å². The second kappa shape index (κ2) is 5.26. The van der Waals surface area contributed by atoms with Gasteiger partial charge < -0.3 is 15.5 Å². The molecule has 5 nitrogen and oxygen atoms in total. The Bertz CT molecular complexity index is 754. The minimum absolute atomic E-state index is 0.227. The molecule has 0 fully saturated rings. The van der Waals surface area contributed by atoms with Gasteiger partial charge in [-0.2, -0.15) is 0 Å². The summed E-state index contributed by atoms with van der Waals surface area (Å²) in [6, 6.07) is 9.43. The van der Waals surface area contributed by atoms with Crippen molar-refractivity contribution < 1.29 is 4.74 Å². The summed E-state index contributed by atoms with van der Waals surface area (Å²) < 4.78 is 5.46. The highest BCUT2D eigenvalue weighted by atomic mass is 32.1. The van der Waals surface area contributed by atoms with Crippen LogP contribution in [0.3, 0.4) is 0 Å². The van der Waals surface area contributed by atoms with E-state index in [1.165, 1.54) is 0 Å². The largest absolute Gasteiger partial charge is 0.486 e. The molecule has 6 heteroatoms. The maximum atomic E-state index is 5.46. The minimum atomic E-state index is 0.227. The van der Waals surface area contributed by atoms with Crippen molar-refractivity contribution >= 4 is 28.2 Å². The first-order valence-corrected chi connectivity index (χ1v) is 6.44. The normalized spacial score (nSPS) is 10.6. The summed E-state index contributed by atoms with van der Waals surface area (Å²) in [4.78, 5) is 12.2. The van der Waals surface area contributed by atoms with E-state index in [2.05, 4.69) is 15.0 Å². The van der Waals surface area contributed by atoms with Crippen LogP contribution < -0.4 is 10.5 Å². The van der Waals surface area contributed by atoms with Gasteiger partial charge in [-0.05, 0) is 24.3 Å². The first kappa shape index (κ1) is 12.6. The molecule has 0 aliphatic rings. The second-order valence-corrected chi connectivity index (χ2v) is 4.79. The molecule has 20 heavy (non-hydrogen) atoms. The molecule has 1 aromatic carbocycles. The quantitative estimate of drug-likeness (QED) is 0.719. The number of rotatable bonds is 4. The molecule has 0 amide bonds. The van der Waals surface area contributed by atoms with Crippen LogP contribution in [0.4, 0.5) is 0 Å². The van der Waals surface area contributed by atoms with Gasteiger partial charge in [0.2, 0.25) is 0 Å². The monoisotopic (exact) mass is 284 g/mol. The van der Waals surface area contributed by atoms with Crippen molar-refractivity contribution in [2.75, 3.05) is 6.61 Å². The lowest BCUT2D eigenvalue weighted by molar-refractivity contribution is 0.378. The third-order valence-electron chi connectivity index (χ3n) is 2.77. The predicted octanol–water partition coefficient (Wildman–Crippen LogP) is 2.29. The summed E-state index contributed by atoms with van der Waals surface area (Å²) in [6.07, 6.45) is 3.50. The van der Waals surface area contributed by atoms with Crippen molar-refractivity contribution in [1.82, 2.24) is 15.0 Å². The lowest BCUT2D eigenvalue weighted by Crippen LogP contribution is -2.17. The maximum absolute atomic E-state index is 5.46. The van der Waals surface area contributed by atoms with E-state index in [1.807, 2.05) is 30.3 Å². The van der Waals surface area contributed by atoms with E-state index in [4.69, 9.17) is 22.7 Å². The highest BCUT2D eigenvalue weighted by molar-refractivity contribution is 7.80. The maximum Gasteiger partial charge on any atom is 0.140 e. The summed E-state index contributed by atoms with van der Waals surface area (Å²) in [5.41, 5.74) is 8.11. The molecule has 0 aliphatic carbocycles. The van der Waals surface area contributed by atoms with Gasteiger partial charge in [0.15, 0.2) is 0 Å². The molecule has 0 saturated heterocycles. The third kappa shape index (κ3) is 2.60. The smallest absolute Gasteiger partial charge is 0.140 e. The topological polar surface area (TPSA) is 76.8 Å². The number of ether oxygens (including phenoxy) is 1. The van der Waals surface area contributed by atoms with Crippen molar-refractivity contribution in [3.8, 4) is 17.1 Å². The molecule has 100 valence electrons. The van der Waals surface area contributed by atoms with Gasteiger partial charge in [-0.25, -0.2) is 4.98 Å². The van der Waals surface area contributed by atoms with Gasteiger partial charge in [-0.3, -0.25) is 4.98 Å². The number of aromatic nitrogens is 3. The molecular formula is C14H12N4OS. The van der Waals surface area contributed by atoms with Crippen LogP contribution >= 0.6 is 12.2 Å². The molecule has 2 heterocycles. The number of benzene rings is 1.